The van der Waals surface area contributed by atoms with Crippen molar-refractivity contribution in [2.24, 2.45) is 0 Å². The van der Waals surface area contributed by atoms with E-state index in [2.05, 4.69) is 224 Å². The van der Waals surface area contributed by atoms with Crippen LogP contribution in [-0.4, -0.2) is 6.15 Å². The molecule has 51 heavy (non-hydrogen) atoms. The van der Waals surface area contributed by atoms with Crippen molar-refractivity contribution in [2.75, 3.05) is 0 Å². The highest BCUT2D eigenvalue weighted by Crippen LogP contribution is 2.55. The fourth-order valence-corrected chi connectivity index (χ4v) is 12.5. The summed E-state index contributed by atoms with van der Waals surface area (Å²) in [5.41, 5.74) is 5.36. The number of hydrogen-bond acceptors (Lipinski definition) is 0. The van der Waals surface area contributed by atoms with Gasteiger partial charge in [-0.25, -0.2) is 0 Å². The molecule has 0 radical (unpaired) electrons. The van der Waals surface area contributed by atoms with Crippen LogP contribution < -0.4 is 43.1 Å². The largest absolute Gasteiger partial charge is 0.195 e. The Kier molecular flexibility index (Phi) is 10.7. The summed E-state index contributed by atoms with van der Waals surface area (Å²) in [4.78, 5) is 0. The number of rotatable bonds is 8. The van der Waals surface area contributed by atoms with E-state index in [4.69, 9.17) is 11.6 Å². The molecule has 8 aromatic carbocycles. The van der Waals surface area contributed by atoms with E-state index >= 15 is 0 Å². The van der Waals surface area contributed by atoms with Crippen LogP contribution >= 0.6 is 18.9 Å². The Morgan fingerprint density at radius 2 is 0.510 bits per heavy atom. The third-order valence-electron chi connectivity index (χ3n) is 9.84. The Bertz CT molecular complexity index is 1970. The molecule has 0 aromatic heterocycles. The first-order valence-electron chi connectivity index (χ1n) is 17.4. The molecule has 0 bridgehead atoms. The molecule has 0 aliphatic heterocycles. The summed E-state index contributed by atoms with van der Waals surface area (Å²) in [5.74, 6) is 0. The molecule has 0 saturated carbocycles. The molecule has 0 atom stereocenters. The van der Waals surface area contributed by atoms with E-state index in [1.165, 1.54) is 43.1 Å². The average molecular weight is 693 g/mol. The van der Waals surface area contributed by atoms with Crippen molar-refractivity contribution < 1.29 is 0 Å². The molecule has 8 rings (SSSR count). The molecule has 0 unspecified atom stereocenters. The third kappa shape index (κ3) is 6.72. The number of halogens is 1. The van der Waals surface area contributed by atoms with Gasteiger partial charge in [-0.1, -0.05) is 200 Å². The third-order valence-corrected chi connectivity index (χ3v) is 14.6. The van der Waals surface area contributed by atoms with Gasteiger partial charge in [0.25, 0.3) is 0 Å². The van der Waals surface area contributed by atoms with Crippen LogP contribution in [0.1, 0.15) is 0 Å². The summed E-state index contributed by atoms with van der Waals surface area (Å²) in [6.45, 7) is 0. The predicted octanol–water partition coefficient (Wildman–Crippen LogP) is 8.02. The molecule has 0 heterocycles. The van der Waals surface area contributed by atoms with E-state index in [-0.39, 0.29) is 0 Å². The second kappa shape index (κ2) is 16.0. The fourth-order valence-electron chi connectivity index (χ4n) is 7.66. The molecule has 0 aliphatic carbocycles. The van der Waals surface area contributed by atoms with E-state index in [0.717, 1.165) is 5.02 Å². The summed E-state index contributed by atoms with van der Waals surface area (Å²) in [6, 6.07) is 84.1. The van der Waals surface area contributed by atoms with Crippen LogP contribution in [0.25, 0.3) is 0 Å². The van der Waals surface area contributed by atoms with E-state index in [0.29, 0.717) is 0 Å². The van der Waals surface area contributed by atoms with Crippen LogP contribution in [0.4, 0.5) is 0 Å². The lowest BCUT2D eigenvalue weighted by molar-refractivity contribution is 1.66. The molecule has 0 spiro atoms. The maximum Gasteiger partial charge on any atom is 0.145 e. The van der Waals surface area contributed by atoms with E-state index < -0.39 is 13.4 Å². The molecule has 0 nitrogen and oxygen atoms in total. The lowest BCUT2D eigenvalue weighted by atomic mass is 9.13. The monoisotopic (exact) mass is 692 g/mol. The molecule has 8 aromatic rings. The predicted molar refractivity (Wildman–Crippen MR) is 226 cm³/mol. The zero-order valence-electron chi connectivity index (χ0n) is 28.4. The molecular formula is C48H39BClP. The quantitative estimate of drug-likeness (QED) is 0.112. The minimum absolute atomic E-state index is 0.817. The van der Waals surface area contributed by atoms with Crippen molar-refractivity contribution in [2.45, 2.75) is 0 Å². The van der Waals surface area contributed by atoms with Crippen molar-refractivity contribution in [3.05, 3.63) is 242 Å². The first kappa shape index (κ1) is 34.0. The maximum atomic E-state index is 6.79. The highest BCUT2D eigenvalue weighted by Gasteiger charge is 2.49. The normalized spacial score (nSPS) is 11.2. The van der Waals surface area contributed by atoms with Gasteiger partial charge in [-0.2, -0.15) is 21.9 Å². The van der Waals surface area contributed by atoms with Crippen molar-refractivity contribution in [1.82, 2.24) is 0 Å². The van der Waals surface area contributed by atoms with Gasteiger partial charge in [0.1, 0.15) is 34.6 Å². The molecular weight excluding hydrogens is 654 g/mol. The number of benzene rings is 8. The van der Waals surface area contributed by atoms with Crippen LogP contribution in [0.5, 0.6) is 0 Å². The first-order valence-corrected chi connectivity index (χ1v) is 19.6. The standard InChI is InChI=1S/C24H20B.C24H19ClP/c1-5-13-21(14-6-1)25(22-15-7-2-8-16-22,23-17-9-3-10-18-23)24-19-11-4-12-20-24;25-23-18-10-11-19-24(23)26(20-12-4-1-5-13-20,21-14-6-2-7-15-21)22-16-8-3-9-17-22/h1-20H;1-19H/q-1;+1. The Morgan fingerprint density at radius 3 is 0.784 bits per heavy atom. The van der Waals surface area contributed by atoms with Crippen molar-refractivity contribution in [1.29, 1.82) is 0 Å². The molecule has 0 amide bonds. The Labute approximate surface area is 308 Å². The van der Waals surface area contributed by atoms with Crippen molar-refractivity contribution in [3.8, 4) is 0 Å². The van der Waals surface area contributed by atoms with Crippen LogP contribution in [0.15, 0.2) is 237 Å². The fraction of sp³-hybridized carbons (Fsp3) is 0. The minimum atomic E-state index is -2.08. The summed E-state index contributed by atoms with van der Waals surface area (Å²) >= 11 is 6.79. The zero-order chi connectivity index (χ0) is 34.8. The van der Waals surface area contributed by atoms with Gasteiger partial charge < -0.3 is 0 Å². The Hall–Kier alpha value is -5.46. The lowest BCUT2D eigenvalue weighted by Crippen LogP contribution is -2.74. The first-order chi connectivity index (χ1) is 25.3. The SMILES string of the molecule is Clc1ccccc1[P+](c1ccccc1)(c1ccccc1)c1ccccc1.c1ccc([B-](c2ccccc2)(c2ccccc2)c2ccccc2)cc1. The van der Waals surface area contributed by atoms with Gasteiger partial charge in [0.15, 0.2) is 0 Å². The van der Waals surface area contributed by atoms with E-state index in [1.807, 2.05) is 12.1 Å². The van der Waals surface area contributed by atoms with Crippen LogP contribution in [0.2, 0.25) is 5.02 Å². The average Bonchev–Trinajstić information content (AvgIpc) is 3.22. The maximum absolute atomic E-state index is 6.79. The highest BCUT2D eigenvalue weighted by molar-refractivity contribution is 8.01. The van der Waals surface area contributed by atoms with Gasteiger partial charge in [0, 0.05) is 0 Å². The van der Waals surface area contributed by atoms with Gasteiger partial charge in [-0.05, 0) is 48.5 Å². The van der Waals surface area contributed by atoms with Crippen LogP contribution in [0.3, 0.4) is 0 Å². The molecule has 0 aliphatic rings. The van der Waals surface area contributed by atoms with Gasteiger partial charge in [-0.3, -0.25) is 0 Å². The highest BCUT2D eigenvalue weighted by atomic mass is 35.5. The second-order valence-electron chi connectivity index (χ2n) is 12.6. The van der Waals surface area contributed by atoms with Gasteiger partial charge >= 0.3 is 0 Å². The second-order valence-corrected chi connectivity index (χ2v) is 16.4. The zero-order valence-corrected chi connectivity index (χ0v) is 30.1. The number of hydrogen-bond donors (Lipinski definition) is 0. The molecule has 246 valence electrons. The summed E-state index contributed by atoms with van der Waals surface area (Å²) in [7, 11) is -2.08. The van der Waals surface area contributed by atoms with Crippen LogP contribution in [-0.2, 0) is 0 Å². The topological polar surface area (TPSA) is 0 Å². The van der Waals surface area contributed by atoms with Gasteiger partial charge in [0.05, 0.1) is 5.02 Å². The van der Waals surface area contributed by atoms with Gasteiger partial charge in [-0.15, -0.1) is 0 Å². The summed E-state index contributed by atoms with van der Waals surface area (Å²) in [5, 5.41) is 5.95. The van der Waals surface area contributed by atoms with Crippen LogP contribution in [0, 0.1) is 0 Å². The Balaban J connectivity index is 0.000000159. The summed E-state index contributed by atoms with van der Waals surface area (Å²) < 4.78 is 0. The van der Waals surface area contributed by atoms with Crippen molar-refractivity contribution in [3.63, 3.8) is 0 Å². The Morgan fingerprint density at radius 1 is 0.275 bits per heavy atom. The molecule has 0 N–H and O–H groups in total. The van der Waals surface area contributed by atoms with Crippen molar-refractivity contribution >= 4 is 68.1 Å². The molecule has 0 saturated heterocycles. The van der Waals surface area contributed by atoms with Gasteiger partial charge in [0.2, 0.25) is 0 Å². The molecule has 0 fully saturated rings. The molecule has 3 heteroatoms. The van der Waals surface area contributed by atoms with E-state index in [1.54, 1.807) is 0 Å². The minimum Gasteiger partial charge on any atom is -0.195 e. The smallest absolute Gasteiger partial charge is 0.145 e. The van der Waals surface area contributed by atoms with E-state index in [9.17, 15) is 0 Å². The summed E-state index contributed by atoms with van der Waals surface area (Å²) in [6.07, 6.45) is -1.22. The lowest BCUT2D eigenvalue weighted by Gasteiger charge is -2.44.